The highest BCUT2D eigenvalue weighted by molar-refractivity contribution is 5.13. The number of hydrogen-bond acceptors (Lipinski definition) is 2. The molecule has 2 unspecified atom stereocenters. The van der Waals surface area contributed by atoms with Crippen LogP contribution in [0.5, 0.6) is 0 Å². The molecule has 14 heavy (non-hydrogen) atoms. The van der Waals surface area contributed by atoms with Crippen molar-refractivity contribution in [2.24, 2.45) is 12.8 Å². The van der Waals surface area contributed by atoms with Crippen LogP contribution in [0.2, 0.25) is 0 Å². The Kier molecular flexibility index (Phi) is 2.59. The summed E-state index contributed by atoms with van der Waals surface area (Å²) in [6, 6.07) is 0.332. The lowest BCUT2D eigenvalue weighted by atomic mass is 9.83. The van der Waals surface area contributed by atoms with Gasteiger partial charge < -0.3 is 10.3 Å². The molecule has 3 nitrogen and oxygen atoms in total. The Balaban J connectivity index is 2.24. The molecule has 0 saturated heterocycles. The van der Waals surface area contributed by atoms with Gasteiger partial charge in [0.25, 0.3) is 0 Å². The van der Waals surface area contributed by atoms with E-state index in [0.717, 1.165) is 12.2 Å². The fraction of sp³-hybridized carbons (Fsp3) is 0.727. The molecule has 1 aliphatic rings. The Morgan fingerprint density at radius 2 is 2.14 bits per heavy atom. The van der Waals surface area contributed by atoms with Crippen LogP contribution in [0.3, 0.4) is 0 Å². The number of aromatic nitrogens is 2. The third-order valence-electron chi connectivity index (χ3n) is 3.46. The minimum Gasteiger partial charge on any atom is -0.335 e. The van der Waals surface area contributed by atoms with Crippen LogP contribution in [0.1, 0.15) is 43.1 Å². The summed E-state index contributed by atoms with van der Waals surface area (Å²) < 4.78 is 2.18. The van der Waals surface area contributed by atoms with Crippen molar-refractivity contribution in [2.75, 3.05) is 0 Å². The zero-order chi connectivity index (χ0) is 10.1. The molecule has 78 valence electrons. The second-order valence-corrected chi connectivity index (χ2v) is 4.34. The smallest absolute Gasteiger partial charge is 0.105 e. The van der Waals surface area contributed by atoms with E-state index in [-0.39, 0.29) is 0 Å². The first kappa shape index (κ1) is 9.71. The molecule has 0 aromatic carbocycles. The zero-order valence-electron chi connectivity index (χ0n) is 9.03. The second-order valence-electron chi connectivity index (χ2n) is 4.34. The molecule has 1 fully saturated rings. The molecule has 2 atom stereocenters. The molecular formula is C11H19N3. The summed E-state index contributed by atoms with van der Waals surface area (Å²) in [5.41, 5.74) is 7.46. The molecule has 1 aromatic heterocycles. The lowest BCUT2D eigenvalue weighted by molar-refractivity contribution is 0.373. The van der Waals surface area contributed by atoms with Crippen molar-refractivity contribution in [1.82, 2.24) is 9.55 Å². The summed E-state index contributed by atoms with van der Waals surface area (Å²) in [7, 11) is 2.08. The van der Waals surface area contributed by atoms with Gasteiger partial charge in [-0.05, 0) is 19.8 Å². The molecule has 1 aromatic rings. The van der Waals surface area contributed by atoms with Crippen LogP contribution in [0.25, 0.3) is 0 Å². The van der Waals surface area contributed by atoms with E-state index in [1.54, 1.807) is 0 Å². The summed E-state index contributed by atoms with van der Waals surface area (Å²) in [4.78, 5) is 4.33. The molecule has 3 heteroatoms. The first-order valence-corrected chi connectivity index (χ1v) is 5.44. The van der Waals surface area contributed by atoms with Crippen molar-refractivity contribution < 1.29 is 0 Å². The summed E-state index contributed by atoms with van der Waals surface area (Å²) in [5.74, 6) is 1.60. The van der Waals surface area contributed by atoms with Crippen molar-refractivity contribution in [2.45, 2.75) is 44.6 Å². The largest absolute Gasteiger partial charge is 0.335 e. The number of rotatable bonds is 1. The van der Waals surface area contributed by atoms with E-state index in [9.17, 15) is 0 Å². The van der Waals surface area contributed by atoms with Crippen LogP contribution in [-0.2, 0) is 7.05 Å². The Morgan fingerprint density at radius 1 is 1.43 bits per heavy atom. The van der Waals surface area contributed by atoms with Gasteiger partial charge in [-0.15, -0.1) is 0 Å². The molecule has 0 bridgehead atoms. The summed E-state index contributed by atoms with van der Waals surface area (Å²) >= 11 is 0. The Bertz CT molecular complexity index is 316. The van der Waals surface area contributed by atoms with E-state index in [4.69, 9.17) is 5.73 Å². The Morgan fingerprint density at radius 3 is 2.71 bits per heavy atom. The third kappa shape index (κ3) is 1.57. The molecule has 1 heterocycles. The molecule has 2 rings (SSSR count). The number of nitrogens with zero attached hydrogens (tertiary/aromatic N) is 2. The molecule has 0 radical (unpaired) electrons. The van der Waals surface area contributed by atoms with E-state index in [2.05, 4.69) is 16.6 Å². The van der Waals surface area contributed by atoms with Gasteiger partial charge in [0, 0.05) is 30.9 Å². The van der Waals surface area contributed by atoms with Crippen molar-refractivity contribution in [3.05, 3.63) is 17.7 Å². The molecule has 1 aliphatic carbocycles. The SMILES string of the molecule is Cc1ncc(C2CCCCC2N)n1C. The van der Waals surface area contributed by atoms with Gasteiger partial charge in [0.2, 0.25) is 0 Å². The first-order chi connectivity index (χ1) is 6.70. The molecular weight excluding hydrogens is 174 g/mol. The molecule has 1 saturated carbocycles. The van der Waals surface area contributed by atoms with Crippen LogP contribution in [0.4, 0.5) is 0 Å². The standard InChI is InChI=1S/C11H19N3/c1-8-13-7-11(14(8)2)9-5-3-4-6-10(9)12/h7,9-10H,3-6,12H2,1-2H3. The van der Waals surface area contributed by atoms with Gasteiger partial charge in [0.05, 0.1) is 0 Å². The summed E-state index contributed by atoms with van der Waals surface area (Å²) in [5, 5.41) is 0. The number of imidazole rings is 1. The maximum absolute atomic E-state index is 6.15. The predicted octanol–water partition coefficient (Wildman–Crippen LogP) is 1.71. The average molecular weight is 193 g/mol. The van der Waals surface area contributed by atoms with Gasteiger partial charge in [0.1, 0.15) is 5.82 Å². The fourth-order valence-electron chi connectivity index (χ4n) is 2.39. The third-order valence-corrected chi connectivity index (χ3v) is 3.46. The first-order valence-electron chi connectivity index (χ1n) is 5.44. The topological polar surface area (TPSA) is 43.8 Å². The zero-order valence-corrected chi connectivity index (χ0v) is 9.03. The van der Waals surface area contributed by atoms with Crippen LogP contribution in [0.15, 0.2) is 6.20 Å². The molecule has 0 spiro atoms. The minimum absolute atomic E-state index is 0.332. The fourth-order valence-corrected chi connectivity index (χ4v) is 2.39. The quantitative estimate of drug-likeness (QED) is 0.738. The van der Waals surface area contributed by atoms with E-state index in [1.165, 1.54) is 25.0 Å². The molecule has 0 aliphatic heterocycles. The minimum atomic E-state index is 0.332. The summed E-state index contributed by atoms with van der Waals surface area (Å²) in [6.07, 6.45) is 6.97. The maximum atomic E-state index is 6.15. The van der Waals surface area contributed by atoms with Crippen molar-refractivity contribution in [1.29, 1.82) is 0 Å². The second kappa shape index (κ2) is 3.73. The average Bonchev–Trinajstić information content (AvgIpc) is 2.49. The van der Waals surface area contributed by atoms with Crippen molar-refractivity contribution in [3.63, 3.8) is 0 Å². The van der Waals surface area contributed by atoms with E-state index in [1.807, 2.05) is 13.1 Å². The van der Waals surface area contributed by atoms with E-state index in [0.29, 0.717) is 12.0 Å². The number of nitrogens with two attached hydrogens (primary N) is 1. The highest BCUT2D eigenvalue weighted by Crippen LogP contribution is 2.31. The van der Waals surface area contributed by atoms with Gasteiger partial charge in [-0.3, -0.25) is 0 Å². The highest BCUT2D eigenvalue weighted by atomic mass is 15.1. The highest BCUT2D eigenvalue weighted by Gasteiger charge is 2.25. The number of hydrogen-bond donors (Lipinski definition) is 1. The van der Waals surface area contributed by atoms with Gasteiger partial charge in [0.15, 0.2) is 0 Å². The van der Waals surface area contributed by atoms with Crippen LogP contribution >= 0.6 is 0 Å². The van der Waals surface area contributed by atoms with Gasteiger partial charge in [-0.2, -0.15) is 0 Å². The van der Waals surface area contributed by atoms with Crippen LogP contribution < -0.4 is 5.73 Å². The summed E-state index contributed by atoms with van der Waals surface area (Å²) in [6.45, 7) is 2.04. The maximum Gasteiger partial charge on any atom is 0.105 e. The van der Waals surface area contributed by atoms with Crippen LogP contribution in [0, 0.1) is 6.92 Å². The Labute approximate surface area is 85.3 Å². The molecule has 0 amide bonds. The molecule has 2 N–H and O–H groups in total. The van der Waals surface area contributed by atoms with Gasteiger partial charge >= 0.3 is 0 Å². The predicted molar refractivity (Wildman–Crippen MR) is 57.1 cm³/mol. The van der Waals surface area contributed by atoms with E-state index >= 15 is 0 Å². The number of aryl methyl sites for hydroxylation is 1. The van der Waals surface area contributed by atoms with Crippen LogP contribution in [-0.4, -0.2) is 15.6 Å². The lowest BCUT2D eigenvalue weighted by Gasteiger charge is -2.28. The van der Waals surface area contributed by atoms with Crippen molar-refractivity contribution in [3.8, 4) is 0 Å². The monoisotopic (exact) mass is 193 g/mol. The van der Waals surface area contributed by atoms with Gasteiger partial charge in [-0.25, -0.2) is 4.98 Å². The Hall–Kier alpha value is -0.830. The van der Waals surface area contributed by atoms with Gasteiger partial charge in [-0.1, -0.05) is 12.8 Å². The normalized spacial score (nSPS) is 27.9. The van der Waals surface area contributed by atoms with Crippen molar-refractivity contribution >= 4 is 0 Å². The lowest BCUT2D eigenvalue weighted by Crippen LogP contribution is -2.32. The van der Waals surface area contributed by atoms with E-state index < -0.39 is 0 Å².